The molecule has 1 aliphatic heterocycles. The monoisotopic (exact) mass is 220 g/mol. The molecule has 0 bridgehead atoms. The SMILES string of the molecule is OC1CCCn2c1cnc2C1CCCCC1. The minimum atomic E-state index is -0.279. The molecule has 0 spiro atoms. The molecule has 2 aliphatic rings. The summed E-state index contributed by atoms with van der Waals surface area (Å²) in [4.78, 5) is 4.57. The Kier molecular flexibility index (Phi) is 2.72. The Labute approximate surface area is 96.5 Å². The number of nitrogens with zero attached hydrogens (tertiary/aromatic N) is 2. The second-order valence-corrected chi connectivity index (χ2v) is 5.19. The molecular formula is C13H20N2O. The second-order valence-electron chi connectivity index (χ2n) is 5.19. The molecule has 1 aliphatic carbocycles. The molecule has 1 aromatic heterocycles. The van der Waals surface area contributed by atoms with Gasteiger partial charge in [-0.25, -0.2) is 4.98 Å². The molecule has 0 radical (unpaired) electrons. The summed E-state index contributed by atoms with van der Waals surface area (Å²) < 4.78 is 2.28. The quantitative estimate of drug-likeness (QED) is 0.790. The molecule has 88 valence electrons. The van der Waals surface area contributed by atoms with Gasteiger partial charge in [0, 0.05) is 12.5 Å². The summed E-state index contributed by atoms with van der Waals surface area (Å²) in [6.45, 7) is 1.05. The van der Waals surface area contributed by atoms with E-state index in [4.69, 9.17) is 0 Å². The van der Waals surface area contributed by atoms with E-state index in [1.807, 2.05) is 6.20 Å². The number of aliphatic hydroxyl groups excluding tert-OH is 1. The molecule has 0 saturated heterocycles. The Bertz CT molecular complexity index is 366. The molecule has 1 aromatic rings. The lowest BCUT2D eigenvalue weighted by atomic mass is 9.88. The molecule has 1 fully saturated rings. The molecule has 3 heteroatoms. The van der Waals surface area contributed by atoms with Gasteiger partial charge in [0.15, 0.2) is 0 Å². The zero-order valence-electron chi connectivity index (χ0n) is 9.73. The lowest BCUT2D eigenvalue weighted by Gasteiger charge is -2.26. The van der Waals surface area contributed by atoms with Gasteiger partial charge in [0.05, 0.1) is 18.0 Å². The van der Waals surface area contributed by atoms with Crippen molar-refractivity contribution in [1.82, 2.24) is 9.55 Å². The Hall–Kier alpha value is -0.830. The van der Waals surface area contributed by atoms with Crippen molar-refractivity contribution in [3.63, 3.8) is 0 Å². The van der Waals surface area contributed by atoms with Crippen LogP contribution in [0.5, 0.6) is 0 Å². The predicted octanol–water partition coefficient (Wildman–Crippen LogP) is 2.76. The molecule has 1 unspecified atom stereocenters. The Morgan fingerprint density at radius 1 is 1.12 bits per heavy atom. The average molecular weight is 220 g/mol. The Morgan fingerprint density at radius 2 is 1.94 bits per heavy atom. The number of rotatable bonds is 1. The van der Waals surface area contributed by atoms with Crippen LogP contribution in [0.3, 0.4) is 0 Å². The smallest absolute Gasteiger partial charge is 0.112 e. The Balaban J connectivity index is 1.89. The number of hydrogen-bond acceptors (Lipinski definition) is 2. The second kappa shape index (κ2) is 4.21. The van der Waals surface area contributed by atoms with Crippen molar-refractivity contribution in [3.05, 3.63) is 17.7 Å². The number of imidazole rings is 1. The van der Waals surface area contributed by atoms with Crippen LogP contribution in [0.4, 0.5) is 0 Å². The van der Waals surface area contributed by atoms with E-state index < -0.39 is 0 Å². The summed E-state index contributed by atoms with van der Waals surface area (Å²) in [5, 5.41) is 9.91. The molecule has 0 aromatic carbocycles. The number of fused-ring (bicyclic) bond motifs is 1. The van der Waals surface area contributed by atoms with E-state index >= 15 is 0 Å². The molecular weight excluding hydrogens is 200 g/mol. The van der Waals surface area contributed by atoms with Gasteiger partial charge >= 0.3 is 0 Å². The molecule has 1 saturated carbocycles. The van der Waals surface area contributed by atoms with Gasteiger partial charge in [-0.2, -0.15) is 0 Å². The fourth-order valence-electron chi connectivity index (χ4n) is 3.19. The van der Waals surface area contributed by atoms with Gasteiger partial charge < -0.3 is 9.67 Å². The zero-order valence-corrected chi connectivity index (χ0v) is 9.73. The Morgan fingerprint density at radius 3 is 2.75 bits per heavy atom. The highest BCUT2D eigenvalue weighted by Crippen LogP contribution is 2.35. The van der Waals surface area contributed by atoms with E-state index in [9.17, 15) is 5.11 Å². The van der Waals surface area contributed by atoms with Crippen molar-refractivity contribution in [1.29, 1.82) is 0 Å². The van der Waals surface area contributed by atoms with Crippen molar-refractivity contribution in [2.75, 3.05) is 0 Å². The molecule has 16 heavy (non-hydrogen) atoms. The van der Waals surface area contributed by atoms with Crippen molar-refractivity contribution in [2.45, 2.75) is 63.5 Å². The van der Waals surface area contributed by atoms with E-state index in [-0.39, 0.29) is 6.10 Å². The van der Waals surface area contributed by atoms with Gasteiger partial charge in [-0.05, 0) is 25.7 Å². The summed E-state index contributed by atoms with van der Waals surface area (Å²) in [5.41, 5.74) is 1.05. The van der Waals surface area contributed by atoms with Crippen LogP contribution in [0, 0.1) is 0 Å². The maximum atomic E-state index is 9.91. The standard InChI is InChI=1S/C13H20N2O/c16-12-7-4-8-15-11(12)9-14-13(15)10-5-2-1-3-6-10/h9-10,12,16H,1-8H2. The van der Waals surface area contributed by atoms with E-state index in [0.717, 1.165) is 25.1 Å². The molecule has 2 heterocycles. The van der Waals surface area contributed by atoms with Gasteiger partial charge in [0.25, 0.3) is 0 Å². The maximum absolute atomic E-state index is 9.91. The highest BCUT2D eigenvalue weighted by molar-refractivity contribution is 5.14. The van der Waals surface area contributed by atoms with Crippen LogP contribution in [0.15, 0.2) is 6.20 Å². The van der Waals surface area contributed by atoms with E-state index in [2.05, 4.69) is 9.55 Å². The highest BCUT2D eigenvalue weighted by Gasteiger charge is 2.26. The van der Waals surface area contributed by atoms with Crippen LogP contribution in [0.2, 0.25) is 0 Å². The lowest BCUT2D eigenvalue weighted by molar-refractivity contribution is 0.137. The van der Waals surface area contributed by atoms with Crippen LogP contribution >= 0.6 is 0 Å². The van der Waals surface area contributed by atoms with Crippen molar-refractivity contribution in [2.24, 2.45) is 0 Å². The number of aliphatic hydroxyl groups is 1. The van der Waals surface area contributed by atoms with Crippen LogP contribution < -0.4 is 0 Å². The first kappa shape index (κ1) is 10.3. The van der Waals surface area contributed by atoms with Crippen LogP contribution in [-0.2, 0) is 6.54 Å². The van der Waals surface area contributed by atoms with E-state index in [1.54, 1.807) is 0 Å². The average Bonchev–Trinajstić information content (AvgIpc) is 2.75. The number of aromatic nitrogens is 2. The third-order valence-corrected chi connectivity index (χ3v) is 4.09. The first-order valence-electron chi connectivity index (χ1n) is 6.59. The van der Waals surface area contributed by atoms with Gasteiger partial charge in [-0.3, -0.25) is 0 Å². The van der Waals surface area contributed by atoms with E-state index in [1.165, 1.54) is 37.9 Å². The van der Waals surface area contributed by atoms with E-state index in [0.29, 0.717) is 5.92 Å². The molecule has 3 rings (SSSR count). The maximum Gasteiger partial charge on any atom is 0.112 e. The van der Waals surface area contributed by atoms with Gasteiger partial charge in [0.2, 0.25) is 0 Å². The minimum Gasteiger partial charge on any atom is -0.387 e. The summed E-state index contributed by atoms with van der Waals surface area (Å²) in [6.07, 6.45) is 10.2. The zero-order chi connectivity index (χ0) is 11.0. The normalized spacial score (nSPS) is 26.7. The lowest BCUT2D eigenvalue weighted by Crippen LogP contribution is -2.19. The first-order valence-corrected chi connectivity index (χ1v) is 6.59. The van der Waals surface area contributed by atoms with Gasteiger partial charge in [-0.1, -0.05) is 19.3 Å². The van der Waals surface area contributed by atoms with Crippen LogP contribution in [0.1, 0.15) is 68.5 Å². The summed E-state index contributed by atoms with van der Waals surface area (Å²) in [5.74, 6) is 1.89. The topological polar surface area (TPSA) is 38.0 Å². The molecule has 1 atom stereocenters. The van der Waals surface area contributed by atoms with Gasteiger partial charge in [0.1, 0.15) is 5.82 Å². The van der Waals surface area contributed by atoms with Crippen molar-refractivity contribution in [3.8, 4) is 0 Å². The van der Waals surface area contributed by atoms with Crippen LogP contribution in [0.25, 0.3) is 0 Å². The van der Waals surface area contributed by atoms with Crippen LogP contribution in [-0.4, -0.2) is 14.7 Å². The molecule has 0 amide bonds. The fraction of sp³-hybridized carbons (Fsp3) is 0.769. The third kappa shape index (κ3) is 1.67. The summed E-state index contributed by atoms with van der Waals surface area (Å²) in [6, 6.07) is 0. The minimum absolute atomic E-state index is 0.279. The van der Waals surface area contributed by atoms with Gasteiger partial charge in [-0.15, -0.1) is 0 Å². The highest BCUT2D eigenvalue weighted by atomic mass is 16.3. The van der Waals surface area contributed by atoms with Crippen molar-refractivity contribution < 1.29 is 5.11 Å². The van der Waals surface area contributed by atoms with Crippen molar-refractivity contribution >= 4 is 0 Å². The summed E-state index contributed by atoms with van der Waals surface area (Å²) in [7, 11) is 0. The first-order chi connectivity index (χ1) is 7.86. The predicted molar refractivity (Wildman–Crippen MR) is 62.2 cm³/mol. The fourth-order valence-corrected chi connectivity index (χ4v) is 3.19. The third-order valence-electron chi connectivity index (χ3n) is 4.09. The molecule has 3 nitrogen and oxygen atoms in total. The molecule has 1 N–H and O–H groups in total. The largest absolute Gasteiger partial charge is 0.387 e. The number of hydrogen-bond donors (Lipinski definition) is 1. The summed E-state index contributed by atoms with van der Waals surface area (Å²) >= 11 is 0.